The lowest BCUT2D eigenvalue weighted by Crippen LogP contribution is -2.47. The minimum absolute atomic E-state index is 0.414. The number of likely N-dealkylation sites (tertiary alicyclic amines) is 1. The van der Waals surface area contributed by atoms with Gasteiger partial charge in [-0.1, -0.05) is 48.9 Å². The van der Waals surface area contributed by atoms with Crippen LogP contribution < -0.4 is 18.9 Å². The molecule has 3 aromatic rings. The van der Waals surface area contributed by atoms with E-state index in [2.05, 4.69) is 0 Å². The monoisotopic (exact) mass is 505 g/mol. The average molecular weight is 506 g/mol. The molecule has 1 aliphatic rings. The second kappa shape index (κ2) is 12.5. The van der Waals surface area contributed by atoms with Gasteiger partial charge in [0, 0.05) is 0 Å². The molecule has 1 heterocycles. The van der Waals surface area contributed by atoms with Crippen molar-refractivity contribution in [1.82, 2.24) is 4.90 Å². The van der Waals surface area contributed by atoms with Gasteiger partial charge < -0.3 is 24.1 Å². The molecule has 0 aliphatic carbocycles. The predicted molar refractivity (Wildman–Crippen MR) is 142 cm³/mol. The fourth-order valence-electron chi connectivity index (χ4n) is 5.02. The van der Waals surface area contributed by atoms with Gasteiger partial charge >= 0.3 is 5.97 Å². The lowest BCUT2D eigenvalue weighted by atomic mass is 9.90. The van der Waals surface area contributed by atoms with E-state index in [1.165, 1.54) is 0 Å². The van der Waals surface area contributed by atoms with E-state index in [1.807, 2.05) is 78.6 Å². The predicted octanol–water partition coefficient (Wildman–Crippen LogP) is 5.71. The van der Waals surface area contributed by atoms with Crippen LogP contribution in [0, 0.1) is 0 Å². The second-order valence-electron chi connectivity index (χ2n) is 8.98. The molecule has 7 heteroatoms. The van der Waals surface area contributed by atoms with Crippen LogP contribution in [0.5, 0.6) is 23.0 Å². The van der Waals surface area contributed by atoms with Crippen LogP contribution in [0.3, 0.4) is 0 Å². The first kappa shape index (κ1) is 26.4. The molecule has 2 atom stereocenters. The van der Waals surface area contributed by atoms with Crippen molar-refractivity contribution in [2.24, 2.45) is 0 Å². The molecule has 0 saturated carbocycles. The molecule has 0 bridgehead atoms. The number of benzene rings is 3. The first-order chi connectivity index (χ1) is 18.1. The summed E-state index contributed by atoms with van der Waals surface area (Å²) in [7, 11) is 3.23. The van der Waals surface area contributed by atoms with Crippen LogP contribution in [0.25, 0.3) is 0 Å². The van der Waals surface area contributed by atoms with Crippen molar-refractivity contribution in [3.05, 3.63) is 83.4 Å². The van der Waals surface area contributed by atoms with Crippen molar-refractivity contribution < 1.29 is 28.8 Å². The number of carbonyl (C=O) groups is 1. The van der Waals surface area contributed by atoms with Crippen LogP contribution >= 0.6 is 0 Å². The Labute approximate surface area is 218 Å². The lowest BCUT2D eigenvalue weighted by Gasteiger charge is -2.40. The Bertz CT molecular complexity index is 1160. The van der Waals surface area contributed by atoms with Crippen LogP contribution in [0.15, 0.2) is 66.7 Å². The summed E-state index contributed by atoms with van der Waals surface area (Å²) < 4.78 is 23.6. The smallest absolute Gasteiger partial charge is 0.320 e. The molecule has 1 N–H and O–H groups in total. The summed E-state index contributed by atoms with van der Waals surface area (Å²) in [6.45, 7) is 3.45. The van der Waals surface area contributed by atoms with Gasteiger partial charge in [0.15, 0.2) is 11.5 Å². The Morgan fingerprint density at radius 2 is 1.65 bits per heavy atom. The maximum Gasteiger partial charge on any atom is 0.320 e. The normalized spacial score (nSPS) is 16.6. The van der Waals surface area contributed by atoms with Gasteiger partial charge in [0.05, 0.1) is 32.4 Å². The highest BCUT2D eigenvalue weighted by molar-refractivity contribution is 5.74. The van der Waals surface area contributed by atoms with Crippen LogP contribution in [-0.4, -0.2) is 49.4 Å². The van der Waals surface area contributed by atoms with Crippen LogP contribution in [0.2, 0.25) is 0 Å². The van der Waals surface area contributed by atoms with E-state index < -0.39 is 18.1 Å². The number of hydrogen-bond acceptors (Lipinski definition) is 6. The van der Waals surface area contributed by atoms with E-state index in [0.717, 1.165) is 29.5 Å². The summed E-state index contributed by atoms with van der Waals surface area (Å²) in [6.07, 6.45) is 2.37. The van der Waals surface area contributed by atoms with Gasteiger partial charge in [0.25, 0.3) is 0 Å². The fourth-order valence-corrected chi connectivity index (χ4v) is 5.02. The van der Waals surface area contributed by atoms with Crippen molar-refractivity contribution in [2.45, 2.75) is 44.9 Å². The van der Waals surface area contributed by atoms with Gasteiger partial charge in [-0.05, 0) is 61.7 Å². The Hall–Kier alpha value is -3.71. The van der Waals surface area contributed by atoms with Gasteiger partial charge in [0.2, 0.25) is 0 Å². The minimum Gasteiger partial charge on any atom is -0.496 e. The Morgan fingerprint density at radius 1 is 0.919 bits per heavy atom. The van der Waals surface area contributed by atoms with E-state index in [4.69, 9.17) is 18.9 Å². The Kier molecular flexibility index (Phi) is 8.90. The van der Waals surface area contributed by atoms with Crippen LogP contribution in [0.4, 0.5) is 0 Å². The quantitative estimate of drug-likeness (QED) is 0.358. The third-order valence-electron chi connectivity index (χ3n) is 6.72. The first-order valence-corrected chi connectivity index (χ1v) is 12.7. The molecule has 196 valence electrons. The third kappa shape index (κ3) is 6.00. The van der Waals surface area contributed by atoms with Gasteiger partial charge in [-0.15, -0.1) is 0 Å². The molecule has 0 amide bonds. The largest absolute Gasteiger partial charge is 0.496 e. The van der Waals surface area contributed by atoms with E-state index in [9.17, 15) is 9.90 Å². The van der Waals surface area contributed by atoms with Crippen molar-refractivity contribution in [1.29, 1.82) is 0 Å². The second-order valence-corrected chi connectivity index (χ2v) is 8.98. The molecule has 0 radical (unpaired) electrons. The van der Waals surface area contributed by atoms with Crippen LogP contribution in [-0.2, 0) is 11.4 Å². The number of carboxylic acids is 1. The molecule has 7 nitrogen and oxygen atoms in total. The van der Waals surface area contributed by atoms with Gasteiger partial charge in [-0.3, -0.25) is 9.69 Å². The first-order valence-electron chi connectivity index (χ1n) is 12.7. The van der Waals surface area contributed by atoms with Crippen molar-refractivity contribution >= 4 is 5.97 Å². The molecule has 4 rings (SSSR count). The zero-order valence-electron chi connectivity index (χ0n) is 21.7. The summed E-state index contributed by atoms with van der Waals surface area (Å²) in [6, 6.07) is 20.4. The molecule has 3 aromatic carbocycles. The van der Waals surface area contributed by atoms with Crippen molar-refractivity contribution in [3.8, 4) is 23.0 Å². The highest BCUT2D eigenvalue weighted by atomic mass is 16.5. The zero-order valence-corrected chi connectivity index (χ0v) is 21.7. The number of carboxylic acid groups (broad SMARTS) is 1. The molecular weight excluding hydrogens is 470 g/mol. The maximum absolute atomic E-state index is 12.3. The van der Waals surface area contributed by atoms with Gasteiger partial charge in [-0.2, -0.15) is 0 Å². The van der Waals surface area contributed by atoms with E-state index >= 15 is 0 Å². The molecule has 1 saturated heterocycles. The third-order valence-corrected chi connectivity index (χ3v) is 6.72. The molecule has 37 heavy (non-hydrogen) atoms. The number of hydrogen-bond donors (Lipinski definition) is 1. The molecule has 1 fully saturated rings. The summed E-state index contributed by atoms with van der Waals surface area (Å²) in [5.74, 6) is 1.70. The molecule has 0 aromatic heterocycles. The molecule has 1 aliphatic heterocycles. The zero-order chi connectivity index (χ0) is 26.2. The minimum atomic E-state index is -0.827. The van der Waals surface area contributed by atoms with Crippen molar-refractivity contribution in [3.63, 3.8) is 0 Å². The average Bonchev–Trinajstić information content (AvgIpc) is 2.93. The standard InChI is InChI=1S/C30H35NO6/c1-4-36-27-19-22(16-17-24(27)37-20-21-11-6-5-7-12-21)29(31-18-9-8-13-23(31)30(32)33)28-25(34-2)14-10-15-26(28)35-3/h5-7,10-12,14-17,19,23,29H,4,8-9,13,18,20H2,1-3H3,(H,32,33). The SMILES string of the molecule is CCOc1cc(C(c2c(OC)cccc2OC)N2CCCCC2C(=O)O)ccc1OCc1ccccc1. The summed E-state index contributed by atoms with van der Waals surface area (Å²) in [5, 5.41) is 10.1. The van der Waals surface area contributed by atoms with Gasteiger partial charge in [-0.25, -0.2) is 0 Å². The Morgan fingerprint density at radius 3 is 2.30 bits per heavy atom. The van der Waals surface area contributed by atoms with E-state index in [1.54, 1.807) is 14.2 Å². The maximum atomic E-state index is 12.3. The highest BCUT2D eigenvalue weighted by Crippen LogP contribution is 2.45. The number of aliphatic carboxylic acids is 1. The molecular formula is C30H35NO6. The Balaban J connectivity index is 1.81. The number of piperidine rings is 1. The topological polar surface area (TPSA) is 77.5 Å². The number of methoxy groups -OCH3 is 2. The molecule has 2 unspecified atom stereocenters. The van der Waals surface area contributed by atoms with Crippen molar-refractivity contribution in [2.75, 3.05) is 27.4 Å². The number of rotatable bonds is 11. The van der Waals surface area contributed by atoms with E-state index in [0.29, 0.717) is 49.2 Å². The number of nitrogens with zero attached hydrogens (tertiary/aromatic N) is 1. The van der Waals surface area contributed by atoms with E-state index in [-0.39, 0.29) is 0 Å². The van der Waals surface area contributed by atoms with Crippen LogP contribution in [0.1, 0.15) is 48.9 Å². The highest BCUT2D eigenvalue weighted by Gasteiger charge is 2.38. The fraction of sp³-hybridized carbons (Fsp3) is 0.367. The molecule has 0 spiro atoms. The number of ether oxygens (including phenoxy) is 4. The summed E-state index contributed by atoms with van der Waals surface area (Å²) in [4.78, 5) is 14.4. The summed E-state index contributed by atoms with van der Waals surface area (Å²) in [5.41, 5.74) is 2.73. The van der Waals surface area contributed by atoms with Gasteiger partial charge in [0.1, 0.15) is 24.1 Å². The lowest BCUT2D eigenvalue weighted by molar-refractivity contribution is -0.145. The summed E-state index contributed by atoms with van der Waals surface area (Å²) >= 11 is 0.